The fourth-order valence-corrected chi connectivity index (χ4v) is 2.03. The molecule has 0 unspecified atom stereocenters. The Hall–Kier alpha value is -1.54. The molecule has 1 heterocycles. The minimum absolute atomic E-state index is 0.0737. The van der Waals surface area contributed by atoms with Gasteiger partial charge in [-0.2, -0.15) is 0 Å². The normalized spacial score (nSPS) is 33.5. The van der Waals surface area contributed by atoms with Crippen LogP contribution in [0.4, 0.5) is 11.4 Å². The van der Waals surface area contributed by atoms with Crippen LogP contribution in [0.15, 0.2) is 36.4 Å². The molecule has 0 amide bonds. The predicted molar refractivity (Wildman–Crippen MR) is 70.9 cm³/mol. The average molecular weight is 224 g/mol. The summed E-state index contributed by atoms with van der Waals surface area (Å²) in [5.74, 6) is 0. The quantitative estimate of drug-likeness (QED) is 0.622. The van der Waals surface area contributed by atoms with E-state index in [9.17, 15) is 0 Å². The van der Waals surface area contributed by atoms with Crippen molar-refractivity contribution in [3.05, 3.63) is 36.4 Å². The van der Waals surface area contributed by atoms with Crippen LogP contribution in [0, 0.1) is 0 Å². The van der Waals surface area contributed by atoms with E-state index in [1.807, 2.05) is 0 Å². The van der Waals surface area contributed by atoms with Crippen LogP contribution in [-0.2, 0) is 0 Å². The largest absolute Gasteiger partial charge is 0.327 e. The van der Waals surface area contributed by atoms with Gasteiger partial charge in [0.05, 0.1) is 33.2 Å². The zero-order valence-electron chi connectivity index (χ0n) is 19.4. The van der Waals surface area contributed by atoms with E-state index in [2.05, 4.69) is 0 Å². The molecule has 0 saturated heterocycles. The molecule has 3 rings (SSSR count). The van der Waals surface area contributed by atoms with Gasteiger partial charge in [-0.1, -0.05) is 24.3 Å². The van der Waals surface area contributed by atoms with Crippen molar-refractivity contribution in [2.75, 3.05) is 32.4 Å². The van der Waals surface area contributed by atoms with Gasteiger partial charge in [0.1, 0.15) is 8.43 Å². The molecule has 1 aliphatic rings. The van der Waals surface area contributed by atoms with Crippen LogP contribution < -0.4 is 9.38 Å². The van der Waals surface area contributed by atoms with Gasteiger partial charge in [0.25, 0.3) is 0 Å². The van der Waals surface area contributed by atoms with Crippen LogP contribution in [0.3, 0.4) is 0 Å². The number of rotatable bonds is 0. The maximum Gasteiger partial charge on any atom is 0.158 e. The smallest absolute Gasteiger partial charge is 0.158 e. The van der Waals surface area contributed by atoms with Gasteiger partial charge >= 0.3 is 0 Å². The monoisotopic (exact) mass is 224 g/mol. The van der Waals surface area contributed by atoms with E-state index in [-0.39, 0.29) is 16.8 Å². The fourth-order valence-electron chi connectivity index (χ4n) is 2.03. The molecule has 16 heavy (non-hydrogen) atoms. The van der Waals surface area contributed by atoms with Crippen LogP contribution in [0.25, 0.3) is 10.8 Å². The summed E-state index contributed by atoms with van der Waals surface area (Å²) in [6, 6.07) is 8.72. The van der Waals surface area contributed by atoms with Gasteiger partial charge in [0.2, 0.25) is 0 Å². The molecule has 0 atom stereocenters. The first kappa shape index (κ1) is 3.47. The Balaban J connectivity index is 2.66. The maximum absolute atomic E-state index is 8.53. The van der Waals surface area contributed by atoms with E-state index in [1.165, 1.54) is 24.3 Å². The van der Waals surface area contributed by atoms with Crippen LogP contribution >= 0.6 is 0 Å². The Labute approximate surface area is 112 Å². The van der Waals surface area contributed by atoms with Crippen molar-refractivity contribution < 1.29 is 15.1 Å². The molecule has 0 aromatic heterocycles. The highest BCUT2D eigenvalue weighted by molar-refractivity contribution is 6.04. The number of anilines is 1. The van der Waals surface area contributed by atoms with Crippen LogP contribution in [0.1, 0.15) is 15.1 Å². The van der Waals surface area contributed by atoms with Crippen molar-refractivity contribution >= 4 is 22.1 Å². The lowest BCUT2D eigenvalue weighted by Crippen LogP contribution is -2.50. The minimum Gasteiger partial charge on any atom is -0.327 e. The Bertz CT molecular complexity index is 875. The molecule has 0 bridgehead atoms. The molecule has 2 aromatic rings. The van der Waals surface area contributed by atoms with Gasteiger partial charge in [-0.25, -0.2) is 0 Å². The number of hydrogen-bond donors (Lipinski definition) is 0. The zero-order valence-corrected chi connectivity index (χ0v) is 8.36. The maximum atomic E-state index is 8.53. The number of nitrogens with zero attached hydrogens (tertiary/aromatic N) is 2. The highest BCUT2D eigenvalue weighted by Gasteiger charge is 2.30. The molecular formula is C14H17N2+. The molecule has 0 spiro atoms. The molecule has 0 aliphatic carbocycles. The molecule has 2 aromatic carbocycles. The molecule has 0 radical (unpaired) electrons. The third-order valence-corrected chi connectivity index (χ3v) is 2.71. The Morgan fingerprint density at radius 2 is 2.06 bits per heavy atom. The zero-order chi connectivity index (χ0) is 20.6. The molecule has 82 valence electrons. The van der Waals surface area contributed by atoms with Crippen molar-refractivity contribution in [1.29, 1.82) is 0 Å². The highest BCUT2D eigenvalue weighted by atomic mass is 15.4. The number of quaternary nitrogens is 1. The summed E-state index contributed by atoms with van der Waals surface area (Å²) in [5.41, 5.74) is -0.371. The first-order chi connectivity index (χ1) is 12.1. The summed E-state index contributed by atoms with van der Waals surface area (Å²) in [4.78, 5) is 0.300. The predicted octanol–water partition coefficient (Wildman–Crippen LogP) is 2.81. The average Bonchev–Trinajstić information content (AvgIpc) is 2.42. The number of benzene rings is 2. The van der Waals surface area contributed by atoms with Crippen LogP contribution in [0.5, 0.6) is 0 Å². The summed E-state index contributed by atoms with van der Waals surface area (Å²) in [7, 11) is 0. The molecule has 2 heteroatoms. The van der Waals surface area contributed by atoms with E-state index < -0.39 is 32.0 Å². The van der Waals surface area contributed by atoms with Crippen LogP contribution in [0.2, 0.25) is 0 Å². The van der Waals surface area contributed by atoms with E-state index in [4.69, 9.17) is 15.1 Å². The first-order valence-corrected chi connectivity index (χ1v) is 4.80. The standard InChI is InChI=1S/C14H17N2/c1-15-10-16(2,3)13-9-5-7-11-6-4-8-12(15)14(11)13/h4-9H,10H2,1-3H3/q+1/i1D3,2D3,3D3,10D2. The summed E-state index contributed by atoms with van der Waals surface area (Å²) < 4.78 is 86.3. The summed E-state index contributed by atoms with van der Waals surface area (Å²) in [6.07, 6.45) is 0. The van der Waals surface area contributed by atoms with E-state index in [0.29, 0.717) is 10.3 Å². The third-order valence-electron chi connectivity index (χ3n) is 2.71. The van der Waals surface area contributed by atoms with Crippen LogP contribution in [-0.4, -0.2) is 27.5 Å². The minimum atomic E-state index is -3.42. The lowest BCUT2D eigenvalue weighted by atomic mass is 10.0. The van der Waals surface area contributed by atoms with Crippen molar-refractivity contribution in [2.45, 2.75) is 0 Å². The summed E-state index contributed by atoms with van der Waals surface area (Å²) in [5, 5.41) is 0.518. The second-order valence-electron chi connectivity index (χ2n) is 3.76. The van der Waals surface area contributed by atoms with Crippen molar-refractivity contribution in [3.8, 4) is 0 Å². The molecule has 1 aliphatic heterocycles. The second-order valence-corrected chi connectivity index (χ2v) is 3.76. The van der Waals surface area contributed by atoms with E-state index >= 15 is 0 Å². The molecular weight excluding hydrogens is 196 g/mol. The second kappa shape index (κ2) is 2.98. The Kier molecular flexibility index (Phi) is 0.648. The molecule has 0 fully saturated rings. The van der Waals surface area contributed by atoms with Gasteiger partial charge in [0.15, 0.2) is 6.62 Å². The van der Waals surface area contributed by atoms with Gasteiger partial charge in [-0.3, -0.25) is 4.48 Å². The fraction of sp³-hybridized carbons (Fsp3) is 0.286. The van der Waals surface area contributed by atoms with Gasteiger partial charge < -0.3 is 4.90 Å². The number of hydrogen-bond acceptors (Lipinski definition) is 1. The van der Waals surface area contributed by atoms with Gasteiger partial charge in [-0.05, 0) is 17.5 Å². The van der Waals surface area contributed by atoms with E-state index in [0.717, 1.165) is 0 Å². The molecule has 0 saturated carbocycles. The highest BCUT2D eigenvalue weighted by Crippen LogP contribution is 2.40. The molecule has 2 nitrogen and oxygen atoms in total. The lowest BCUT2D eigenvalue weighted by molar-refractivity contribution is 0.398. The van der Waals surface area contributed by atoms with Gasteiger partial charge in [-0.15, -0.1) is 0 Å². The SMILES string of the molecule is [2H]C([2H])([2H])N1c2cccc3cccc(c23)[N+](C([2H])([2H])[2H])(C([2H])([2H])[2H])C1([2H])[2H]. The van der Waals surface area contributed by atoms with Crippen molar-refractivity contribution in [2.24, 2.45) is 0 Å². The van der Waals surface area contributed by atoms with Crippen molar-refractivity contribution in [1.82, 2.24) is 4.48 Å². The van der Waals surface area contributed by atoms with Crippen molar-refractivity contribution in [3.63, 3.8) is 0 Å². The topological polar surface area (TPSA) is 3.24 Å². The molecule has 0 N–H and O–H groups in total. The lowest BCUT2D eigenvalue weighted by Gasteiger charge is -2.39. The summed E-state index contributed by atoms with van der Waals surface area (Å²) >= 11 is 0. The summed E-state index contributed by atoms with van der Waals surface area (Å²) in [6.45, 7) is -13.3. The Morgan fingerprint density at radius 1 is 1.25 bits per heavy atom. The van der Waals surface area contributed by atoms with Gasteiger partial charge in [0, 0.05) is 11.1 Å². The third kappa shape index (κ3) is 1.17. The Morgan fingerprint density at radius 3 is 2.81 bits per heavy atom. The first-order valence-electron chi connectivity index (χ1n) is 10.3. The van der Waals surface area contributed by atoms with E-state index in [1.54, 1.807) is 12.1 Å².